The summed E-state index contributed by atoms with van der Waals surface area (Å²) in [6, 6.07) is 5.28. The van der Waals surface area contributed by atoms with Crippen molar-refractivity contribution in [1.29, 1.82) is 0 Å². The molecule has 0 aliphatic carbocycles. The molecular weight excluding hydrogens is 411 g/mol. The molecule has 0 bridgehead atoms. The predicted octanol–water partition coefficient (Wildman–Crippen LogP) is 3.99. The topological polar surface area (TPSA) is 55.6 Å². The molecule has 3 rings (SSSR count). The maximum atomic E-state index is 12.1. The van der Waals surface area contributed by atoms with Crippen LogP contribution >= 0.6 is 27.3 Å². The van der Waals surface area contributed by atoms with Crippen LogP contribution in [0.3, 0.4) is 0 Å². The van der Waals surface area contributed by atoms with E-state index < -0.39 is 6.36 Å². The highest BCUT2D eigenvalue weighted by Crippen LogP contribution is 2.23. The van der Waals surface area contributed by atoms with Crippen molar-refractivity contribution in [2.75, 3.05) is 0 Å². The average molecular weight is 420 g/mol. The van der Waals surface area contributed by atoms with Gasteiger partial charge in [-0.05, 0) is 33.6 Å². The summed E-state index contributed by atoms with van der Waals surface area (Å²) in [5, 5.41) is 2.66. The molecule has 1 N–H and O–H groups in total. The third-order valence-corrected chi connectivity index (χ3v) is 4.45. The van der Waals surface area contributed by atoms with Gasteiger partial charge in [-0.25, -0.2) is 4.98 Å². The Morgan fingerprint density at radius 3 is 2.62 bits per heavy atom. The Bertz CT molecular complexity index is 842. The third kappa shape index (κ3) is 4.06. The van der Waals surface area contributed by atoms with Gasteiger partial charge in [-0.3, -0.25) is 9.20 Å². The molecule has 0 radical (unpaired) electrons. The van der Waals surface area contributed by atoms with Gasteiger partial charge in [0, 0.05) is 18.9 Å². The first-order chi connectivity index (χ1) is 11.3. The number of fused-ring (bicyclic) bond motifs is 1. The van der Waals surface area contributed by atoms with Crippen molar-refractivity contribution in [1.82, 2.24) is 14.7 Å². The first kappa shape index (κ1) is 16.8. The number of aromatic nitrogens is 2. The second-order valence-corrected chi connectivity index (χ2v) is 7.11. The summed E-state index contributed by atoms with van der Waals surface area (Å²) in [5.74, 6) is -0.671. The molecule has 24 heavy (non-hydrogen) atoms. The van der Waals surface area contributed by atoms with Gasteiger partial charge in [0.15, 0.2) is 4.96 Å². The minimum atomic E-state index is -4.72. The lowest BCUT2D eigenvalue weighted by molar-refractivity contribution is -0.274. The van der Waals surface area contributed by atoms with E-state index in [1.54, 1.807) is 16.8 Å². The Labute approximate surface area is 146 Å². The van der Waals surface area contributed by atoms with E-state index in [9.17, 15) is 18.0 Å². The van der Waals surface area contributed by atoms with Gasteiger partial charge in [-0.2, -0.15) is 0 Å². The van der Waals surface area contributed by atoms with Crippen LogP contribution in [0.5, 0.6) is 5.75 Å². The lowest BCUT2D eigenvalue weighted by Crippen LogP contribution is -2.23. The van der Waals surface area contributed by atoms with E-state index in [0.717, 1.165) is 3.79 Å². The Balaban J connectivity index is 1.60. The molecule has 0 saturated carbocycles. The molecule has 0 saturated heterocycles. The molecule has 10 heteroatoms. The molecule has 0 atom stereocenters. The van der Waals surface area contributed by atoms with Crippen LogP contribution in [-0.4, -0.2) is 21.7 Å². The zero-order chi connectivity index (χ0) is 17.3. The van der Waals surface area contributed by atoms with E-state index in [2.05, 4.69) is 31.0 Å². The van der Waals surface area contributed by atoms with Crippen LogP contribution in [0.15, 0.2) is 40.4 Å². The quantitative estimate of drug-likeness (QED) is 0.695. The van der Waals surface area contributed by atoms with Crippen molar-refractivity contribution in [2.24, 2.45) is 0 Å². The summed E-state index contributed by atoms with van der Waals surface area (Å²) in [6.45, 7) is 0.167. The standard InChI is InChI=1S/C14H9BrF3N3O2S/c15-11-7-21-6-10(20-13(21)24-11)12(22)19-5-8-1-3-9(4-2-8)23-14(16,17)18/h1-4,6-7H,5H2,(H,19,22). The Morgan fingerprint density at radius 2 is 2.00 bits per heavy atom. The van der Waals surface area contributed by atoms with Crippen LogP contribution in [-0.2, 0) is 6.54 Å². The second-order valence-electron chi connectivity index (χ2n) is 4.73. The van der Waals surface area contributed by atoms with Crippen molar-refractivity contribution in [3.05, 3.63) is 51.7 Å². The van der Waals surface area contributed by atoms with E-state index in [4.69, 9.17) is 0 Å². The fourth-order valence-electron chi connectivity index (χ4n) is 1.96. The number of carbonyl (C=O) groups excluding carboxylic acids is 1. The van der Waals surface area contributed by atoms with Crippen molar-refractivity contribution in [3.63, 3.8) is 0 Å². The van der Waals surface area contributed by atoms with Crippen LogP contribution in [0.4, 0.5) is 13.2 Å². The van der Waals surface area contributed by atoms with Crippen molar-refractivity contribution >= 4 is 38.1 Å². The largest absolute Gasteiger partial charge is 0.573 e. The summed E-state index contributed by atoms with van der Waals surface area (Å²) in [5.41, 5.74) is 0.910. The number of alkyl halides is 3. The van der Waals surface area contributed by atoms with Crippen molar-refractivity contribution in [3.8, 4) is 5.75 Å². The summed E-state index contributed by atoms with van der Waals surface area (Å²) in [7, 11) is 0. The number of hydrogen-bond acceptors (Lipinski definition) is 4. The molecule has 3 aromatic rings. The lowest BCUT2D eigenvalue weighted by Gasteiger charge is -2.09. The molecule has 126 valence electrons. The van der Waals surface area contributed by atoms with Gasteiger partial charge in [-0.15, -0.1) is 13.2 Å². The highest BCUT2D eigenvalue weighted by molar-refractivity contribution is 9.11. The first-order valence-electron chi connectivity index (χ1n) is 6.57. The van der Waals surface area contributed by atoms with E-state index in [1.807, 2.05) is 0 Å². The van der Waals surface area contributed by atoms with Gasteiger partial charge >= 0.3 is 6.36 Å². The molecule has 1 aromatic carbocycles. The molecular formula is C14H9BrF3N3O2S. The van der Waals surface area contributed by atoms with Gasteiger partial charge in [0.2, 0.25) is 0 Å². The van der Waals surface area contributed by atoms with Gasteiger partial charge in [0.1, 0.15) is 11.4 Å². The number of imidazole rings is 1. The summed E-state index contributed by atoms with van der Waals surface area (Å²) >= 11 is 4.72. The molecule has 0 aliphatic rings. The number of nitrogens with one attached hydrogen (secondary N) is 1. The number of benzene rings is 1. The smallest absolute Gasteiger partial charge is 0.406 e. The Kier molecular flexibility index (Phi) is 4.50. The zero-order valence-corrected chi connectivity index (χ0v) is 14.2. The molecule has 2 aromatic heterocycles. The molecule has 5 nitrogen and oxygen atoms in total. The molecule has 2 heterocycles. The Morgan fingerprint density at radius 1 is 1.29 bits per heavy atom. The van der Waals surface area contributed by atoms with Crippen LogP contribution in [0.25, 0.3) is 4.96 Å². The number of ether oxygens (including phenoxy) is 1. The van der Waals surface area contributed by atoms with Crippen molar-refractivity contribution in [2.45, 2.75) is 12.9 Å². The first-order valence-corrected chi connectivity index (χ1v) is 8.18. The van der Waals surface area contributed by atoms with Crippen LogP contribution in [0, 0.1) is 0 Å². The second kappa shape index (κ2) is 6.44. The number of amides is 1. The minimum absolute atomic E-state index is 0.167. The number of hydrogen-bond donors (Lipinski definition) is 1. The van der Waals surface area contributed by atoms with Gasteiger partial charge in [0.05, 0.1) is 3.79 Å². The van der Waals surface area contributed by atoms with E-state index in [-0.39, 0.29) is 23.9 Å². The maximum absolute atomic E-state index is 12.1. The zero-order valence-electron chi connectivity index (χ0n) is 11.8. The predicted molar refractivity (Wildman–Crippen MR) is 85.1 cm³/mol. The average Bonchev–Trinajstić information content (AvgIpc) is 3.02. The van der Waals surface area contributed by atoms with E-state index >= 15 is 0 Å². The number of halogens is 4. The highest BCUT2D eigenvalue weighted by Gasteiger charge is 2.30. The molecule has 0 unspecified atom stereocenters. The summed E-state index contributed by atoms with van der Waals surface area (Å²) < 4.78 is 42.7. The third-order valence-electron chi connectivity index (χ3n) is 2.97. The van der Waals surface area contributed by atoms with Gasteiger partial charge in [-0.1, -0.05) is 23.5 Å². The van der Waals surface area contributed by atoms with Crippen LogP contribution in [0.1, 0.15) is 16.1 Å². The van der Waals surface area contributed by atoms with Crippen molar-refractivity contribution < 1.29 is 22.7 Å². The maximum Gasteiger partial charge on any atom is 0.573 e. The number of rotatable bonds is 4. The van der Waals surface area contributed by atoms with Crippen LogP contribution < -0.4 is 10.1 Å². The number of thiazole rings is 1. The Hall–Kier alpha value is -2.07. The van der Waals surface area contributed by atoms with E-state index in [0.29, 0.717) is 10.5 Å². The molecule has 0 spiro atoms. The van der Waals surface area contributed by atoms with Gasteiger partial charge in [0.25, 0.3) is 5.91 Å². The monoisotopic (exact) mass is 419 g/mol. The number of nitrogens with zero attached hydrogens (tertiary/aromatic N) is 2. The van der Waals surface area contributed by atoms with E-state index in [1.165, 1.54) is 35.6 Å². The minimum Gasteiger partial charge on any atom is -0.406 e. The fourth-order valence-corrected chi connectivity index (χ4v) is 3.31. The summed E-state index contributed by atoms with van der Waals surface area (Å²) in [4.78, 5) is 16.9. The normalized spacial score (nSPS) is 11.7. The van der Waals surface area contributed by atoms with Gasteiger partial charge < -0.3 is 10.1 Å². The fraction of sp³-hybridized carbons (Fsp3) is 0.143. The number of carbonyl (C=O) groups is 1. The lowest BCUT2D eigenvalue weighted by atomic mass is 10.2. The summed E-state index contributed by atoms with van der Waals surface area (Å²) in [6.07, 6.45) is -1.33. The molecule has 0 fully saturated rings. The SMILES string of the molecule is O=C(NCc1ccc(OC(F)(F)F)cc1)c1cn2cc(Br)sc2n1. The molecule has 0 aliphatic heterocycles. The molecule has 1 amide bonds. The highest BCUT2D eigenvalue weighted by atomic mass is 79.9. The van der Waals surface area contributed by atoms with Crippen LogP contribution in [0.2, 0.25) is 0 Å².